The van der Waals surface area contributed by atoms with Gasteiger partial charge in [0.05, 0.1) is 23.7 Å². The number of hydrogen-bond acceptors (Lipinski definition) is 5. The third kappa shape index (κ3) is 5.91. The van der Waals surface area contributed by atoms with Crippen LogP contribution in [0.15, 0.2) is 71.6 Å². The van der Waals surface area contributed by atoms with Gasteiger partial charge in [-0.1, -0.05) is 62.7 Å². The van der Waals surface area contributed by atoms with E-state index in [2.05, 4.69) is 26.1 Å². The van der Waals surface area contributed by atoms with Crippen LogP contribution in [0.4, 0.5) is 5.69 Å². The van der Waals surface area contributed by atoms with E-state index in [1.54, 1.807) is 36.4 Å². The first-order chi connectivity index (χ1) is 17.5. The summed E-state index contributed by atoms with van der Waals surface area (Å²) in [5.41, 5.74) is 3.28. The number of rotatable bonds is 7. The van der Waals surface area contributed by atoms with Crippen LogP contribution in [0.1, 0.15) is 37.5 Å². The minimum Gasteiger partial charge on any atom is -0.491 e. The lowest BCUT2D eigenvalue weighted by atomic mass is 9.86. The van der Waals surface area contributed by atoms with Crippen LogP contribution in [0.2, 0.25) is 0 Å². The first-order valence-electron chi connectivity index (χ1n) is 12.3. The second-order valence-corrected chi connectivity index (χ2v) is 12.2. The molecule has 8 heteroatoms. The number of carbonyl (C=O) groups is 1. The molecule has 7 nitrogen and oxygen atoms in total. The van der Waals surface area contributed by atoms with Gasteiger partial charge in [0.1, 0.15) is 18.1 Å². The van der Waals surface area contributed by atoms with Crippen molar-refractivity contribution in [3.05, 3.63) is 83.4 Å². The highest BCUT2D eigenvalue weighted by atomic mass is 32.2. The van der Waals surface area contributed by atoms with Gasteiger partial charge in [0.25, 0.3) is 15.9 Å². The molecule has 3 aromatic carbocycles. The average molecular weight is 523 g/mol. The van der Waals surface area contributed by atoms with E-state index in [4.69, 9.17) is 9.47 Å². The van der Waals surface area contributed by atoms with E-state index in [1.807, 2.05) is 44.2 Å². The van der Waals surface area contributed by atoms with Crippen molar-refractivity contribution in [3.63, 3.8) is 0 Å². The zero-order valence-electron chi connectivity index (χ0n) is 21.9. The predicted octanol–water partition coefficient (Wildman–Crippen LogP) is 4.75. The van der Waals surface area contributed by atoms with Crippen molar-refractivity contribution in [3.8, 4) is 11.5 Å². The minimum atomic E-state index is -3.90. The van der Waals surface area contributed by atoms with Gasteiger partial charge in [-0.05, 0) is 60.7 Å². The number of amides is 1. The maximum Gasteiger partial charge on any atom is 0.264 e. The summed E-state index contributed by atoms with van der Waals surface area (Å²) in [7, 11) is -3.90. The molecule has 0 saturated heterocycles. The van der Waals surface area contributed by atoms with Crippen molar-refractivity contribution in [2.24, 2.45) is 0 Å². The molecule has 0 aromatic heterocycles. The van der Waals surface area contributed by atoms with Gasteiger partial charge in [-0.25, -0.2) is 8.42 Å². The highest BCUT2D eigenvalue weighted by Gasteiger charge is 2.37. The van der Waals surface area contributed by atoms with Crippen molar-refractivity contribution in [2.75, 3.05) is 24.0 Å². The standard InChI is InChI=1S/C29H34N2O5S/c1-20-10-13-22(14-11-20)37(33,34)31-19-27(36-26-18-21(2)12-15-24(26)31)28(32)30-16-17-35-25-9-7-6-8-23(25)29(3,4)5/h6-15,18,27H,16-17,19H2,1-5H3,(H,30,32)/t27-/m0/s1. The van der Waals surface area contributed by atoms with E-state index in [9.17, 15) is 13.2 Å². The average Bonchev–Trinajstić information content (AvgIpc) is 2.85. The third-order valence-electron chi connectivity index (χ3n) is 6.24. The lowest BCUT2D eigenvalue weighted by Crippen LogP contribution is -2.51. The Hall–Kier alpha value is -3.52. The molecule has 37 heavy (non-hydrogen) atoms. The number of fused-ring (bicyclic) bond motifs is 1. The number of hydrogen-bond donors (Lipinski definition) is 1. The van der Waals surface area contributed by atoms with Crippen LogP contribution in [0, 0.1) is 13.8 Å². The zero-order chi connectivity index (χ0) is 26.8. The molecule has 3 aromatic rings. The molecule has 1 amide bonds. The molecule has 0 unspecified atom stereocenters. The topological polar surface area (TPSA) is 84.9 Å². The van der Waals surface area contributed by atoms with Crippen molar-refractivity contribution in [1.29, 1.82) is 0 Å². The fraction of sp³-hybridized carbons (Fsp3) is 0.345. The smallest absolute Gasteiger partial charge is 0.264 e. The van der Waals surface area contributed by atoms with Crippen molar-refractivity contribution in [2.45, 2.75) is 51.0 Å². The van der Waals surface area contributed by atoms with Gasteiger partial charge in [-0.2, -0.15) is 0 Å². The first-order valence-corrected chi connectivity index (χ1v) is 13.8. The number of ether oxygens (including phenoxy) is 2. The zero-order valence-corrected chi connectivity index (χ0v) is 22.8. The Kier molecular flexibility index (Phi) is 7.50. The number of anilines is 1. The van der Waals surface area contributed by atoms with Crippen LogP contribution >= 0.6 is 0 Å². The molecule has 4 rings (SSSR count). The number of nitrogens with one attached hydrogen (secondary N) is 1. The van der Waals surface area contributed by atoms with Gasteiger partial charge in [0.2, 0.25) is 0 Å². The Morgan fingerprint density at radius 1 is 1.03 bits per heavy atom. The Bertz CT molecular complexity index is 1380. The second kappa shape index (κ2) is 10.5. The maximum atomic E-state index is 13.6. The Morgan fingerprint density at radius 3 is 2.41 bits per heavy atom. The number of carbonyl (C=O) groups excluding carboxylic acids is 1. The number of para-hydroxylation sites is 1. The van der Waals surface area contributed by atoms with Gasteiger partial charge >= 0.3 is 0 Å². The highest BCUT2D eigenvalue weighted by molar-refractivity contribution is 7.92. The molecular weight excluding hydrogens is 488 g/mol. The molecule has 1 atom stereocenters. The summed E-state index contributed by atoms with van der Waals surface area (Å²) in [6.45, 7) is 10.5. The quantitative estimate of drug-likeness (QED) is 0.453. The lowest BCUT2D eigenvalue weighted by Gasteiger charge is -2.35. The lowest BCUT2D eigenvalue weighted by molar-refractivity contribution is -0.127. The van der Waals surface area contributed by atoms with Gasteiger partial charge in [-0.3, -0.25) is 9.10 Å². The normalized spacial score (nSPS) is 15.5. The van der Waals surface area contributed by atoms with E-state index >= 15 is 0 Å². The summed E-state index contributed by atoms with van der Waals surface area (Å²) in [6, 6.07) is 19.8. The van der Waals surface area contributed by atoms with Crippen LogP contribution in [0.5, 0.6) is 11.5 Å². The largest absolute Gasteiger partial charge is 0.491 e. The van der Waals surface area contributed by atoms with Crippen LogP contribution in [-0.2, 0) is 20.2 Å². The number of sulfonamides is 1. The monoisotopic (exact) mass is 522 g/mol. The minimum absolute atomic E-state index is 0.0757. The summed E-state index contributed by atoms with van der Waals surface area (Å²) in [5, 5.41) is 2.84. The van der Waals surface area contributed by atoms with E-state index in [1.165, 1.54) is 4.31 Å². The molecule has 0 aliphatic carbocycles. The Labute approximate surface area is 219 Å². The van der Waals surface area contributed by atoms with Crippen LogP contribution in [0.3, 0.4) is 0 Å². The summed E-state index contributed by atoms with van der Waals surface area (Å²) in [5.74, 6) is 0.736. The maximum absolute atomic E-state index is 13.6. The molecule has 1 heterocycles. The highest BCUT2D eigenvalue weighted by Crippen LogP contribution is 2.38. The Balaban J connectivity index is 1.48. The molecule has 1 N–H and O–H groups in total. The van der Waals surface area contributed by atoms with Crippen LogP contribution in [-0.4, -0.2) is 40.1 Å². The van der Waals surface area contributed by atoms with Crippen molar-refractivity contribution in [1.82, 2.24) is 5.32 Å². The molecule has 0 bridgehead atoms. The van der Waals surface area contributed by atoms with Gasteiger partial charge in [-0.15, -0.1) is 0 Å². The van der Waals surface area contributed by atoms with E-state index in [0.29, 0.717) is 11.4 Å². The molecular formula is C29H34N2O5S. The van der Waals surface area contributed by atoms with Gasteiger partial charge in [0, 0.05) is 0 Å². The fourth-order valence-electron chi connectivity index (χ4n) is 4.22. The van der Waals surface area contributed by atoms with Crippen molar-refractivity contribution < 1.29 is 22.7 Å². The Morgan fingerprint density at radius 2 is 1.70 bits per heavy atom. The number of nitrogens with zero attached hydrogens (tertiary/aromatic N) is 1. The number of aryl methyl sites for hydroxylation is 2. The summed E-state index contributed by atoms with van der Waals surface area (Å²) in [4.78, 5) is 13.2. The summed E-state index contributed by atoms with van der Waals surface area (Å²) >= 11 is 0. The molecule has 0 saturated carbocycles. The first kappa shape index (κ1) is 26.5. The molecule has 196 valence electrons. The second-order valence-electron chi connectivity index (χ2n) is 10.3. The molecule has 1 aliphatic rings. The molecule has 0 radical (unpaired) electrons. The van der Waals surface area contributed by atoms with E-state index in [0.717, 1.165) is 22.4 Å². The summed E-state index contributed by atoms with van der Waals surface area (Å²) < 4.78 is 40.3. The van der Waals surface area contributed by atoms with Crippen LogP contribution < -0.4 is 19.1 Å². The number of benzene rings is 3. The fourth-order valence-corrected chi connectivity index (χ4v) is 5.70. The molecule has 0 fully saturated rings. The molecule has 1 aliphatic heterocycles. The van der Waals surface area contributed by atoms with Gasteiger partial charge < -0.3 is 14.8 Å². The summed E-state index contributed by atoms with van der Waals surface area (Å²) in [6.07, 6.45) is -1.00. The van der Waals surface area contributed by atoms with Crippen LogP contribution in [0.25, 0.3) is 0 Å². The predicted molar refractivity (Wildman–Crippen MR) is 145 cm³/mol. The van der Waals surface area contributed by atoms with Gasteiger partial charge in [0.15, 0.2) is 6.10 Å². The SMILES string of the molecule is Cc1ccc(S(=O)(=O)N2C[C@@H](C(=O)NCCOc3ccccc3C(C)(C)C)Oc3cc(C)ccc32)cc1. The van der Waals surface area contributed by atoms with E-state index < -0.39 is 22.0 Å². The van der Waals surface area contributed by atoms with E-state index in [-0.39, 0.29) is 30.0 Å². The molecule has 0 spiro atoms. The third-order valence-corrected chi connectivity index (χ3v) is 8.03. The van der Waals surface area contributed by atoms with Crippen molar-refractivity contribution >= 4 is 21.6 Å².